The quantitative estimate of drug-likeness (QED) is 0.794. The number of halogens is 3. The Bertz CT molecular complexity index is 206. The van der Waals surface area contributed by atoms with E-state index in [1.807, 2.05) is 4.90 Å². The largest absolute Gasteiger partial charge is 0.390 e. The highest BCUT2D eigenvalue weighted by Crippen LogP contribution is 2.24. The number of hydrogen-bond donors (Lipinski definition) is 1. The van der Waals surface area contributed by atoms with Gasteiger partial charge in [0.05, 0.1) is 6.42 Å². The van der Waals surface area contributed by atoms with Crippen LogP contribution in [0.3, 0.4) is 0 Å². The van der Waals surface area contributed by atoms with Crippen LogP contribution in [0.2, 0.25) is 0 Å². The summed E-state index contributed by atoms with van der Waals surface area (Å²) in [5.74, 6) is 0. The Labute approximate surface area is 95.2 Å². The molecule has 0 aromatic rings. The van der Waals surface area contributed by atoms with Crippen molar-refractivity contribution in [2.24, 2.45) is 0 Å². The Morgan fingerprint density at radius 2 is 2.06 bits per heavy atom. The van der Waals surface area contributed by atoms with Crippen molar-refractivity contribution in [2.45, 2.75) is 51.4 Å². The predicted octanol–water partition coefficient (Wildman–Crippen LogP) is 2.40. The fourth-order valence-corrected chi connectivity index (χ4v) is 2.11. The minimum absolute atomic E-state index is 0.398. The van der Waals surface area contributed by atoms with Gasteiger partial charge in [0.15, 0.2) is 0 Å². The maximum Gasteiger partial charge on any atom is 0.390 e. The lowest BCUT2D eigenvalue weighted by molar-refractivity contribution is -0.146. The summed E-state index contributed by atoms with van der Waals surface area (Å²) >= 11 is 0. The summed E-state index contributed by atoms with van der Waals surface area (Å²) in [5, 5.41) is 3.34. The molecule has 2 atom stereocenters. The lowest BCUT2D eigenvalue weighted by Crippen LogP contribution is -2.43. The maximum absolute atomic E-state index is 12.3. The van der Waals surface area contributed by atoms with Gasteiger partial charge in [0.2, 0.25) is 0 Å². The third kappa shape index (κ3) is 5.16. The lowest BCUT2D eigenvalue weighted by atomic mass is 10.1. The van der Waals surface area contributed by atoms with E-state index in [1.165, 1.54) is 0 Å². The second-order valence-corrected chi connectivity index (χ2v) is 4.70. The van der Waals surface area contributed by atoms with Gasteiger partial charge >= 0.3 is 6.18 Å². The zero-order chi connectivity index (χ0) is 12.2. The molecule has 2 unspecified atom stereocenters. The van der Waals surface area contributed by atoms with Gasteiger partial charge in [-0.2, -0.15) is 13.2 Å². The molecule has 0 aromatic heterocycles. The number of rotatable bonds is 2. The maximum atomic E-state index is 12.3. The van der Waals surface area contributed by atoms with Crippen molar-refractivity contribution in [3.8, 4) is 0 Å². The van der Waals surface area contributed by atoms with Crippen molar-refractivity contribution in [1.82, 2.24) is 10.2 Å². The van der Waals surface area contributed by atoms with Gasteiger partial charge in [-0.3, -0.25) is 0 Å². The van der Waals surface area contributed by atoms with E-state index in [9.17, 15) is 13.2 Å². The van der Waals surface area contributed by atoms with E-state index >= 15 is 0 Å². The molecular weight excluding hydrogens is 217 g/mol. The van der Waals surface area contributed by atoms with Gasteiger partial charge in [0.25, 0.3) is 0 Å². The first kappa shape index (κ1) is 13.8. The molecule has 0 aliphatic carbocycles. The van der Waals surface area contributed by atoms with E-state index in [1.54, 1.807) is 6.92 Å². The van der Waals surface area contributed by atoms with Crippen LogP contribution < -0.4 is 5.32 Å². The number of hydrogen-bond acceptors (Lipinski definition) is 2. The van der Waals surface area contributed by atoms with E-state index in [2.05, 4.69) is 12.2 Å². The molecule has 1 N–H and O–H groups in total. The van der Waals surface area contributed by atoms with E-state index in [0.717, 1.165) is 32.5 Å². The van der Waals surface area contributed by atoms with Crippen molar-refractivity contribution in [3.63, 3.8) is 0 Å². The zero-order valence-electron chi connectivity index (χ0n) is 9.98. The molecule has 0 bridgehead atoms. The molecule has 0 radical (unpaired) electrons. The first-order valence-corrected chi connectivity index (χ1v) is 5.92. The Kier molecular flexibility index (Phi) is 5.05. The van der Waals surface area contributed by atoms with Crippen molar-refractivity contribution in [3.05, 3.63) is 0 Å². The molecule has 96 valence electrons. The molecular formula is C11H21F3N2. The summed E-state index contributed by atoms with van der Waals surface area (Å²) in [7, 11) is 0. The zero-order valence-corrected chi connectivity index (χ0v) is 9.98. The Balaban J connectivity index is 2.43. The highest BCUT2D eigenvalue weighted by Gasteiger charge is 2.32. The van der Waals surface area contributed by atoms with Gasteiger partial charge in [0, 0.05) is 12.1 Å². The Morgan fingerprint density at radius 3 is 2.69 bits per heavy atom. The summed E-state index contributed by atoms with van der Waals surface area (Å²) in [4.78, 5) is 1.96. The standard InChI is InChI=1S/C11H21F3N2/c1-9-4-7-16(6-3-5-15-9)10(2)8-11(12,13)14/h9-10,15H,3-8H2,1-2H3. The minimum atomic E-state index is -4.05. The number of nitrogens with zero attached hydrogens (tertiary/aromatic N) is 1. The first-order valence-electron chi connectivity index (χ1n) is 5.92. The second-order valence-electron chi connectivity index (χ2n) is 4.70. The highest BCUT2D eigenvalue weighted by molar-refractivity contribution is 4.75. The van der Waals surface area contributed by atoms with Crippen molar-refractivity contribution in [1.29, 1.82) is 0 Å². The van der Waals surface area contributed by atoms with E-state index in [4.69, 9.17) is 0 Å². The number of nitrogens with one attached hydrogen (secondary N) is 1. The topological polar surface area (TPSA) is 15.3 Å². The molecule has 1 heterocycles. The van der Waals surface area contributed by atoms with Crippen LogP contribution >= 0.6 is 0 Å². The van der Waals surface area contributed by atoms with Crippen LogP contribution in [-0.4, -0.2) is 42.8 Å². The summed E-state index contributed by atoms with van der Waals surface area (Å²) in [6.45, 7) is 6.17. The summed E-state index contributed by atoms with van der Waals surface area (Å²) in [6.07, 6.45) is -2.91. The molecule has 5 heteroatoms. The average molecular weight is 238 g/mol. The second kappa shape index (κ2) is 5.87. The first-order chi connectivity index (χ1) is 7.38. The van der Waals surface area contributed by atoms with Gasteiger partial charge in [0.1, 0.15) is 0 Å². The van der Waals surface area contributed by atoms with Crippen LogP contribution in [0.25, 0.3) is 0 Å². The summed E-state index contributed by atoms with van der Waals surface area (Å²) < 4.78 is 36.8. The van der Waals surface area contributed by atoms with Crippen LogP contribution in [0.1, 0.15) is 33.1 Å². The minimum Gasteiger partial charge on any atom is -0.314 e. The monoisotopic (exact) mass is 238 g/mol. The predicted molar refractivity (Wildman–Crippen MR) is 58.4 cm³/mol. The van der Waals surface area contributed by atoms with Crippen molar-refractivity contribution < 1.29 is 13.2 Å². The molecule has 0 amide bonds. The van der Waals surface area contributed by atoms with Crippen LogP contribution in [0.5, 0.6) is 0 Å². The van der Waals surface area contributed by atoms with Gasteiger partial charge < -0.3 is 10.2 Å². The van der Waals surface area contributed by atoms with E-state index < -0.39 is 18.6 Å². The molecule has 0 aromatic carbocycles. The molecule has 1 aliphatic rings. The number of alkyl halides is 3. The van der Waals surface area contributed by atoms with Crippen molar-refractivity contribution in [2.75, 3.05) is 19.6 Å². The fraction of sp³-hybridized carbons (Fsp3) is 1.00. The average Bonchev–Trinajstić information content (AvgIpc) is 2.08. The van der Waals surface area contributed by atoms with Crippen LogP contribution in [-0.2, 0) is 0 Å². The van der Waals surface area contributed by atoms with E-state index in [-0.39, 0.29) is 0 Å². The third-order valence-electron chi connectivity index (χ3n) is 3.11. The molecule has 1 aliphatic heterocycles. The molecule has 0 saturated carbocycles. The third-order valence-corrected chi connectivity index (χ3v) is 3.11. The molecule has 1 fully saturated rings. The molecule has 16 heavy (non-hydrogen) atoms. The van der Waals surface area contributed by atoms with Crippen LogP contribution in [0.4, 0.5) is 13.2 Å². The van der Waals surface area contributed by atoms with Crippen LogP contribution in [0.15, 0.2) is 0 Å². The Morgan fingerprint density at radius 1 is 1.38 bits per heavy atom. The Hall–Kier alpha value is -0.290. The lowest BCUT2D eigenvalue weighted by Gasteiger charge is -2.32. The molecule has 2 nitrogen and oxygen atoms in total. The van der Waals surface area contributed by atoms with Gasteiger partial charge in [-0.1, -0.05) is 0 Å². The summed E-state index contributed by atoms with van der Waals surface area (Å²) in [5.41, 5.74) is 0. The van der Waals surface area contributed by atoms with E-state index in [0.29, 0.717) is 6.04 Å². The summed E-state index contributed by atoms with van der Waals surface area (Å²) in [6, 6.07) is 0.00573. The molecule has 0 spiro atoms. The fourth-order valence-electron chi connectivity index (χ4n) is 2.11. The molecule has 1 rings (SSSR count). The van der Waals surface area contributed by atoms with Gasteiger partial charge in [-0.25, -0.2) is 0 Å². The SMILES string of the molecule is CC1CCN(C(C)CC(F)(F)F)CCCN1. The van der Waals surface area contributed by atoms with Gasteiger partial charge in [-0.05, 0) is 46.3 Å². The normalized spacial score (nSPS) is 27.2. The van der Waals surface area contributed by atoms with Crippen molar-refractivity contribution >= 4 is 0 Å². The van der Waals surface area contributed by atoms with Crippen LogP contribution in [0, 0.1) is 0 Å². The van der Waals surface area contributed by atoms with Gasteiger partial charge in [-0.15, -0.1) is 0 Å². The highest BCUT2D eigenvalue weighted by atomic mass is 19.4. The molecule has 1 saturated heterocycles. The smallest absolute Gasteiger partial charge is 0.314 e.